The fourth-order valence-corrected chi connectivity index (χ4v) is 4.86. The number of unbranched alkanes of at least 4 members (excludes halogenated alkanes) is 3. The van der Waals surface area contributed by atoms with Crippen molar-refractivity contribution in [1.29, 1.82) is 0 Å². The molecule has 2 aliphatic heterocycles. The molecule has 0 amide bonds. The number of esters is 3. The highest BCUT2D eigenvalue weighted by atomic mass is 16.8. The number of benzene rings is 1. The lowest BCUT2D eigenvalue weighted by atomic mass is 9.97. The van der Waals surface area contributed by atoms with E-state index < -0.39 is 48.9 Å². The molecule has 0 radical (unpaired) electrons. The van der Waals surface area contributed by atoms with Crippen LogP contribution in [0.2, 0.25) is 0 Å². The van der Waals surface area contributed by atoms with E-state index in [1.165, 1.54) is 21.0 Å². The van der Waals surface area contributed by atoms with E-state index in [4.69, 9.17) is 28.4 Å². The maximum Gasteiger partial charge on any atom is 0.305 e. The van der Waals surface area contributed by atoms with Crippen LogP contribution >= 0.6 is 0 Å². The minimum absolute atomic E-state index is 0.164. The summed E-state index contributed by atoms with van der Waals surface area (Å²) in [6.45, 7) is 5.70. The normalized spacial score (nSPS) is 26.8. The Bertz CT molecular complexity index is 929. The molecule has 11 heteroatoms. The molecule has 2 fully saturated rings. The summed E-state index contributed by atoms with van der Waals surface area (Å²) >= 11 is 0. The largest absolute Gasteiger partial charge is 0.469 e. The van der Waals surface area contributed by atoms with Gasteiger partial charge in [-0.15, -0.1) is 0 Å². The summed E-state index contributed by atoms with van der Waals surface area (Å²) in [6, 6.07) is 9.68. The van der Waals surface area contributed by atoms with Gasteiger partial charge in [0.2, 0.25) is 0 Å². The third-order valence-electron chi connectivity index (χ3n) is 6.83. The molecule has 7 atom stereocenters. The monoisotopic (exact) mass is 565 g/mol. The maximum atomic E-state index is 12.0. The maximum absolute atomic E-state index is 12.0. The average Bonchev–Trinajstić information content (AvgIpc) is 2.94. The van der Waals surface area contributed by atoms with Crippen molar-refractivity contribution in [2.45, 2.75) is 102 Å². The highest BCUT2D eigenvalue weighted by Crippen LogP contribution is 2.36. The number of carbonyl (C=O) groups is 3. The Morgan fingerprint density at radius 3 is 2.38 bits per heavy atom. The molecular weight excluding hydrogens is 522 g/mol. The second-order valence-electron chi connectivity index (χ2n) is 10.1. The van der Waals surface area contributed by atoms with Crippen molar-refractivity contribution in [2.24, 2.45) is 0 Å². The topological polar surface area (TPSA) is 128 Å². The van der Waals surface area contributed by atoms with Crippen LogP contribution in [-0.4, -0.2) is 81.5 Å². The Hall–Kier alpha value is -2.57. The molecule has 1 aromatic carbocycles. The van der Waals surface area contributed by atoms with E-state index in [-0.39, 0.29) is 25.2 Å². The molecule has 3 rings (SSSR count). The van der Waals surface area contributed by atoms with Gasteiger partial charge in [0.1, 0.15) is 12.2 Å². The van der Waals surface area contributed by atoms with Gasteiger partial charge in [0.15, 0.2) is 24.8 Å². The lowest BCUT2D eigenvalue weighted by Gasteiger charge is -2.48. The summed E-state index contributed by atoms with van der Waals surface area (Å²) in [5, 5.41) is 3.42. The molecule has 40 heavy (non-hydrogen) atoms. The quantitative estimate of drug-likeness (QED) is 0.191. The lowest BCUT2D eigenvalue weighted by Crippen LogP contribution is -2.64. The molecule has 2 heterocycles. The molecular formula is C29H43NO10. The SMILES string of the molecule is COC(=O)CCCCCCC(C)NCCO[C@@H]1O[C@@H]2COC(c3ccccc3)O[C@@H]2[C@H](OC(C)=O)[C@H]1OC(C)=O. The van der Waals surface area contributed by atoms with Gasteiger partial charge in [-0.25, -0.2) is 0 Å². The van der Waals surface area contributed by atoms with E-state index in [2.05, 4.69) is 17.0 Å². The number of methoxy groups -OCH3 is 1. The fourth-order valence-electron chi connectivity index (χ4n) is 4.86. The van der Waals surface area contributed by atoms with Gasteiger partial charge < -0.3 is 38.5 Å². The van der Waals surface area contributed by atoms with Crippen LogP contribution in [0.25, 0.3) is 0 Å². The lowest BCUT2D eigenvalue weighted by molar-refractivity contribution is -0.362. The van der Waals surface area contributed by atoms with E-state index in [1.807, 2.05) is 30.3 Å². The molecule has 0 spiro atoms. The number of fused-ring (bicyclic) bond motifs is 1. The first-order valence-electron chi connectivity index (χ1n) is 14.0. The Labute approximate surface area is 236 Å². The van der Waals surface area contributed by atoms with Crippen molar-refractivity contribution >= 4 is 17.9 Å². The van der Waals surface area contributed by atoms with Crippen LogP contribution in [0.15, 0.2) is 30.3 Å². The summed E-state index contributed by atoms with van der Waals surface area (Å²) < 4.78 is 40.1. The molecule has 11 nitrogen and oxygen atoms in total. The van der Waals surface area contributed by atoms with Crippen molar-refractivity contribution in [3.8, 4) is 0 Å². The Balaban J connectivity index is 1.51. The van der Waals surface area contributed by atoms with Gasteiger partial charge in [-0.1, -0.05) is 49.6 Å². The van der Waals surface area contributed by atoms with Crippen molar-refractivity contribution in [1.82, 2.24) is 5.32 Å². The Kier molecular flexibility index (Phi) is 13.3. The molecule has 0 aromatic heterocycles. The number of nitrogens with one attached hydrogen (secondary N) is 1. The summed E-state index contributed by atoms with van der Waals surface area (Å²) in [7, 11) is 1.41. The zero-order valence-corrected chi connectivity index (χ0v) is 23.9. The van der Waals surface area contributed by atoms with Crippen LogP contribution < -0.4 is 5.32 Å². The molecule has 1 N–H and O–H groups in total. The zero-order chi connectivity index (χ0) is 28.9. The fraction of sp³-hybridized carbons (Fsp3) is 0.690. The van der Waals surface area contributed by atoms with Crippen LogP contribution in [0.3, 0.4) is 0 Å². The van der Waals surface area contributed by atoms with E-state index in [1.54, 1.807) is 0 Å². The van der Waals surface area contributed by atoms with E-state index in [0.717, 1.165) is 37.7 Å². The average molecular weight is 566 g/mol. The molecule has 224 valence electrons. The summed E-state index contributed by atoms with van der Waals surface area (Å²) in [5.41, 5.74) is 0.811. The molecule has 0 aliphatic carbocycles. The molecule has 2 unspecified atom stereocenters. The van der Waals surface area contributed by atoms with Gasteiger partial charge in [-0.2, -0.15) is 0 Å². The van der Waals surface area contributed by atoms with Gasteiger partial charge in [-0.05, 0) is 19.8 Å². The zero-order valence-electron chi connectivity index (χ0n) is 23.9. The highest BCUT2D eigenvalue weighted by molar-refractivity contribution is 5.69. The van der Waals surface area contributed by atoms with Crippen LogP contribution in [0, 0.1) is 0 Å². The van der Waals surface area contributed by atoms with Crippen LogP contribution in [0.5, 0.6) is 0 Å². The second-order valence-corrected chi connectivity index (χ2v) is 10.1. The minimum Gasteiger partial charge on any atom is -0.469 e. The highest BCUT2D eigenvalue weighted by Gasteiger charge is 2.53. The van der Waals surface area contributed by atoms with Crippen molar-refractivity contribution < 1.29 is 47.5 Å². The molecule has 1 aromatic rings. The third-order valence-corrected chi connectivity index (χ3v) is 6.83. The van der Waals surface area contributed by atoms with Crippen molar-refractivity contribution in [2.75, 3.05) is 26.9 Å². The van der Waals surface area contributed by atoms with Crippen LogP contribution in [0.4, 0.5) is 0 Å². The molecule has 2 aliphatic rings. The van der Waals surface area contributed by atoms with E-state index in [0.29, 0.717) is 13.0 Å². The summed E-state index contributed by atoms with van der Waals surface area (Å²) in [5.74, 6) is -1.25. The third kappa shape index (κ3) is 10.1. The van der Waals surface area contributed by atoms with Crippen LogP contribution in [0.1, 0.15) is 71.1 Å². The van der Waals surface area contributed by atoms with Gasteiger partial charge >= 0.3 is 17.9 Å². The molecule has 2 saturated heterocycles. The predicted octanol–water partition coefficient (Wildman–Crippen LogP) is 3.20. The van der Waals surface area contributed by atoms with Crippen LogP contribution in [-0.2, 0) is 47.5 Å². The predicted molar refractivity (Wildman–Crippen MR) is 143 cm³/mol. The van der Waals surface area contributed by atoms with Crippen molar-refractivity contribution in [3.63, 3.8) is 0 Å². The smallest absolute Gasteiger partial charge is 0.305 e. The standard InChI is InChI=1S/C29H43NO10/c1-19(12-8-5-6-11-15-24(33)34-4)30-16-17-35-29-27(38-21(3)32)26(37-20(2)31)25-23(39-29)18-36-28(40-25)22-13-9-7-10-14-22/h7,9-10,13-14,19,23,25-30H,5-6,8,11-12,15-18H2,1-4H3/t19?,23-,25+,26+,27-,28?,29-/m1/s1. The Morgan fingerprint density at radius 2 is 1.68 bits per heavy atom. The van der Waals surface area contributed by atoms with E-state index >= 15 is 0 Å². The number of hydrogen-bond acceptors (Lipinski definition) is 11. The molecule has 0 bridgehead atoms. The summed E-state index contributed by atoms with van der Waals surface area (Å²) in [4.78, 5) is 35.2. The first kappa shape index (κ1) is 32.0. The van der Waals surface area contributed by atoms with Gasteiger partial charge in [0, 0.05) is 38.4 Å². The number of ether oxygens (including phenoxy) is 7. The number of hydrogen-bond donors (Lipinski definition) is 1. The molecule has 0 saturated carbocycles. The Morgan fingerprint density at radius 1 is 0.975 bits per heavy atom. The van der Waals surface area contributed by atoms with Gasteiger partial charge in [-0.3, -0.25) is 14.4 Å². The van der Waals surface area contributed by atoms with Gasteiger partial charge in [0.25, 0.3) is 0 Å². The summed E-state index contributed by atoms with van der Waals surface area (Å²) in [6.07, 6.45) is 0.465. The second kappa shape index (κ2) is 16.6. The first-order chi connectivity index (χ1) is 19.3. The van der Waals surface area contributed by atoms with Gasteiger partial charge in [0.05, 0.1) is 20.3 Å². The number of rotatable bonds is 15. The van der Waals surface area contributed by atoms with E-state index in [9.17, 15) is 14.4 Å². The van der Waals surface area contributed by atoms with Crippen molar-refractivity contribution in [3.05, 3.63) is 35.9 Å². The number of carbonyl (C=O) groups excluding carboxylic acids is 3. The minimum atomic E-state index is -1.01. The first-order valence-corrected chi connectivity index (χ1v) is 14.0.